The third-order valence-corrected chi connectivity index (χ3v) is 4.82. The molecule has 4 rings (SSSR count). The van der Waals surface area contributed by atoms with Gasteiger partial charge in [0, 0.05) is 24.7 Å². The highest BCUT2D eigenvalue weighted by atomic mass is 19.1. The third kappa shape index (κ3) is 6.20. The van der Waals surface area contributed by atoms with Gasteiger partial charge in [0.25, 0.3) is 0 Å². The van der Waals surface area contributed by atoms with Crippen LogP contribution in [0, 0.1) is 11.6 Å². The van der Waals surface area contributed by atoms with Gasteiger partial charge in [0.05, 0.1) is 18.4 Å². The van der Waals surface area contributed by atoms with Crippen molar-refractivity contribution >= 4 is 11.9 Å². The number of hydrogen-bond acceptors (Lipinski definition) is 8. The van der Waals surface area contributed by atoms with Gasteiger partial charge in [-0.05, 0) is 32.9 Å². The van der Waals surface area contributed by atoms with Crippen LogP contribution in [-0.4, -0.2) is 49.7 Å². The molecule has 3 heterocycles. The Morgan fingerprint density at radius 1 is 1.11 bits per heavy atom. The van der Waals surface area contributed by atoms with Crippen LogP contribution in [0.15, 0.2) is 53.4 Å². The molecule has 36 heavy (non-hydrogen) atoms. The monoisotopic (exact) mass is 497 g/mol. The fourth-order valence-corrected chi connectivity index (χ4v) is 3.26. The van der Waals surface area contributed by atoms with Crippen molar-refractivity contribution in [3.8, 4) is 22.9 Å². The second-order valence-corrected chi connectivity index (χ2v) is 8.79. The first kappa shape index (κ1) is 24.8. The van der Waals surface area contributed by atoms with Crippen LogP contribution in [0.2, 0.25) is 0 Å². The highest BCUT2D eigenvalue weighted by Crippen LogP contribution is 2.26. The van der Waals surface area contributed by atoms with Crippen LogP contribution in [-0.2, 0) is 11.3 Å². The normalized spacial score (nSPS) is 11.4. The van der Waals surface area contributed by atoms with Crippen molar-refractivity contribution in [1.29, 1.82) is 0 Å². The molecular weight excluding hydrogens is 472 g/mol. The molecule has 1 amide bonds. The average molecular weight is 498 g/mol. The molecule has 3 aromatic heterocycles. The second-order valence-electron chi connectivity index (χ2n) is 8.79. The summed E-state index contributed by atoms with van der Waals surface area (Å²) >= 11 is 0. The highest BCUT2D eigenvalue weighted by Gasteiger charge is 2.19. The first-order valence-electron chi connectivity index (χ1n) is 11.2. The Hall–Kier alpha value is -4.35. The van der Waals surface area contributed by atoms with Crippen LogP contribution in [0.25, 0.3) is 22.9 Å². The van der Waals surface area contributed by atoms with E-state index in [1.54, 1.807) is 55.8 Å². The predicted octanol–water partition coefficient (Wildman–Crippen LogP) is 4.26. The van der Waals surface area contributed by atoms with Crippen LogP contribution in [0.1, 0.15) is 26.3 Å². The lowest BCUT2D eigenvalue weighted by Gasteiger charge is -2.19. The Labute approximate surface area is 205 Å². The number of nitrogens with zero attached hydrogens (tertiary/aromatic N) is 5. The molecule has 0 saturated heterocycles. The number of alkyl carbamates (subject to hydrolysis) is 1. The number of rotatable bonds is 8. The summed E-state index contributed by atoms with van der Waals surface area (Å²) in [4.78, 5) is 20.1. The second kappa shape index (κ2) is 10.5. The SMILES string of the molecule is CC(C)(C)OC(=O)NCCNc1nc(-c2cc(-c3ccon3)n(Cc3ccccc3F)n2)ncc1F. The lowest BCUT2D eigenvalue weighted by molar-refractivity contribution is 0.0530. The Morgan fingerprint density at radius 2 is 1.92 bits per heavy atom. The van der Waals surface area contributed by atoms with Crippen molar-refractivity contribution in [2.45, 2.75) is 32.9 Å². The standard InChI is InChI=1S/C24H25F2N7O3/c1-24(2,3)36-23(34)28-10-9-27-21-17(26)13-29-22(30-21)19-12-20(18-8-11-35-32-18)33(31-19)14-15-6-4-5-7-16(15)25/h4-8,11-13H,9-10,14H2,1-3H3,(H,28,34)(H,27,29,30). The number of benzene rings is 1. The molecule has 0 radical (unpaired) electrons. The number of carbonyl (C=O) groups is 1. The van der Waals surface area contributed by atoms with Crippen LogP contribution in [0.5, 0.6) is 0 Å². The van der Waals surface area contributed by atoms with E-state index >= 15 is 0 Å². The molecule has 0 bridgehead atoms. The Morgan fingerprint density at radius 3 is 2.64 bits per heavy atom. The van der Waals surface area contributed by atoms with Gasteiger partial charge in [-0.2, -0.15) is 5.10 Å². The summed E-state index contributed by atoms with van der Waals surface area (Å²) in [6.07, 6.45) is 1.86. The van der Waals surface area contributed by atoms with Gasteiger partial charge in [0.1, 0.15) is 29.1 Å². The van der Waals surface area contributed by atoms with Crippen LogP contribution >= 0.6 is 0 Å². The van der Waals surface area contributed by atoms with Crippen molar-refractivity contribution in [2.75, 3.05) is 18.4 Å². The fourth-order valence-electron chi connectivity index (χ4n) is 3.26. The van der Waals surface area contributed by atoms with Gasteiger partial charge < -0.3 is 19.9 Å². The van der Waals surface area contributed by atoms with E-state index in [1.165, 1.54) is 12.3 Å². The van der Waals surface area contributed by atoms with E-state index in [0.29, 0.717) is 22.6 Å². The van der Waals surface area contributed by atoms with E-state index in [4.69, 9.17) is 9.26 Å². The number of anilines is 1. The van der Waals surface area contributed by atoms with Gasteiger partial charge in [-0.1, -0.05) is 23.4 Å². The van der Waals surface area contributed by atoms with Crippen LogP contribution < -0.4 is 10.6 Å². The zero-order valence-corrected chi connectivity index (χ0v) is 20.0. The maximum Gasteiger partial charge on any atom is 0.407 e. The fraction of sp³-hybridized carbons (Fsp3) is 0.292. The van der Waals surface area contributed by atoms with E-state index in [-0.39, 0.29) is 37.1 Å². The summed E-state index contributed by atoms with van der Waals surface area (Å²) in [5.41, 5.74) is 1.17. The van der Waals surface area contributed by atoms with Gasteiger partial charge in [0.2, 0.25) is 0 Å². The summed E-state index contributed by atoms with van der Waals surface area (Å²) in [5.74, 6) is -0.947. The lowest BCUT2D eigenvalue weighted by atomic mass is 10.2. The molecule has 12 heteroatoms. The Balaban J connectivity index is 1.52. The van der Waals surface area contributed by atoms with E-state index in [2.05, 4.69) is 30.9 Å². The summed E-state index contributed by atoms with van der Waals surface area (Å²) in [7, 11) is 0. The zero-order valence-electron chi connectivity index (χ0n) is 20.0. The molecule has 0 fully saturated rings. The maximum absolute atomic E-state index is 14.3. The summed E-state index contributed by atoms with van der Waals surface area (Å²) in [6.45, 7) is 5.77. The molecule has 2 N–H and O–H groups in total. The Bertz CT molecular complexity index is 1330. The van der Waals surface area contributed by atoms with E-state index in [1.807, 2.05) is 0 Å². The van der Waals surface area contributed by atoms with Gasteiger partial charge in [-0.3, -0.25) is 4.68 Å². The largest absolute Gasteiger partial charge is 0.444 e. The lowest BCUT2D eigenvalue weighted by Crippen LogP contribution is -2.35. The molecule has 0 aliphatic heterocycles. The number of hydrogen-bond donors (Lipinski definition) is 2. The minimum atomic E-state index is -0.668. The van der Waals surface area contributed by atoms with Crippen molar-refractivity contribution < 1.29 is 22.8 Å². The number of aromatic nitrogens is 5. The summed E-state index contributed by atoms with van der Waals surface area (Å²) in [6, 6.07) is 9.68. The molecule has 0 spiro atoms. The number of nitrogens with one attached hydrogen (secondary N) is 2. The molecule has 4 aromatic rings. The van der Waals surface area contributed by atoms with Crippen LogP contribution in [0.3, 0.4) is 0 Å². The smallest absolute Gasteiger partial charge is 0.407 e. The van der Waals surface area contributed by atoms with E-state index < -0.39 is 17.5 Å². The molecule has 0 saturated carbocycles. The predicted molar refractivity (Wildman–Crippen MR) is 127 cm³/mol. The molecule has 0 atom stereocenters. The van der Waals surface area contributed by atoms with E-state index in [0.717, 1.165) is 6.20 Å². The van der Waals surface area contributed by atoms with Crippen molar-refractivity contribution in [3.05, 3.63) is 66.1 Å². The molecule has 10 nitrogen and oxygen atoms in total. The van der Waals surface area contributed by atoms with Gasteiger partial charge in [-0.15, -0.1) is 0 Å². The van der Waals surface area contributed by atoms with Gasteiger partial charge in [0.15, 0.2) is 17.5 Å². The minimum Gasteiger partial charge on any atom is -0.444 e. The quantitative estimate of drug-likeness (QED) is 0.347. The van der Waals surface area contributed by atoms with Crippen molar-refractivity contribution in [3.63, 3.8) is 0 Å². The molecule has 0 aliphatic rings. The number of amides is 1. The molecular formula is C24H25F2N7O3. The first-order chi connectivity index (χ1) is 17.2. The van der Waals surface area contributed by atoms with Crippen LogP contribution in [0.4, 0.5) is 19.4 Å². The molecule has 0 unspecified atom stereocenters. The summed E-state index contributed by atoms with van der Waals surface area (Å²) < 4.78 is 40.3. The third-order valence-electron chi connectivity index (χ3n) is 4.82. The van der Waals surface area contributed by atoms with Crippen molar-refractivity contribution in [1.82, 2.24) is 30.2 Å². The van der Waals surface area contributed by atoms with Gasteiger partial charge in [-0.25, -0.2) is 23.5 Å². The molecule has 1 aromatic carbocycles. The zero-order chi connectivity index (χ0) is 25.7. The number of halogens is 2. The topological polar surface area (TPSA) is 120 Å². The summed E-state index contributed by atoms with van der Waals surface area (Å²) in [5, 5.41) is 13.9. The highest BCUT2D eigenvalue weighted by molar-refractivity contribution is 5.67. The van der Waals surface area contributed by atoms with E-state index in [9.17, 15) is 13.6 Å². The number of ether oxygens (including phenoxy) is 1. The van der Waals surface area contributed by atoms with Gasteiger partial charge >= 0.3 is 6.09 Å². The minimum absolute atomic E-state index is 0.0578. The molecule has 188 valence electrons. The Kier molecular flexibility index (Phi) is 7.23. The molecule has 0 aliphatic carbocycles. The number of carbonyl (C=O) groups excluding carboxylic acids is 1. The first-order valence-corrected chi connectivity index (χ1v) is 11.2. The maximum atomic E-state index is 14.3. The van der Waals surface area contributed by atoms with Crippen molar-refractivity contribution in [2.24, 2.45) is 0 Å². The average Bonchev–Trinajstić information content (AvgIpc) is 3.48.